The van der Waals surface area contributed by atoms with Gasteiger partial charge in [-0.25, -0.2) is 4.79 Å². The first kappa shape index (κ1) is 21.3. The van der Waals surface area contributed by atoms with E-state index < -0.39 is 11.8 Å². The summed E-state index contributed by atoms with van der Waals surface area (Å²) in [5, 5.41) is 12.2. The minimum atomic E-state index is -0.612. The van der Waals surface area contributed by atoms with Gasteiger partial charge in [-0.2, -0.15) is 5.26 Å². The van der Waals surface area contributed by atoms with Gasteiger partial charge in [0.2, 0.25) is 5.91 Å². The first-order chi connectivity index (χ1) is 14.3. The van der Waals surface area contributed by atoms with Crippen LogP contribution in [0.25, 0.3) is 22.2 Å². The number of aryl methyl sites for hydroxylation is 1. The maximum atomic E-state index is 12.1. The highest BCUT2D eigenvalue weighted by Crippen LogP contribution is 2.24. The van der Waals surface area contributed by atoms with Crippen LogP contribution in [-0.2, 0) is 18.3 Å². The van der Waals surface area contributed by atoms with Gasteiger partial charge in [0, 0.05) is 25.9 Å². The van der Waals surface area contributed by atoms with E-state index in [1.54, 1.807) is 13.1 Å². The number of oxazole rings is 1. The summed E-state index contributed by atoms with van der Waals surface area (Å²) in [6.45, 7) is 3.93. The highest BCUT2D eigenvalue weighted by molar-refractivity contribution is 5.80. The van der Waals surface area contributed by atoms with Gasteiger partial charge < -0.3 is 15.5 Å². The Kier molecular flexibility index (Phi) is 6.38. The summed E-state index contributed by atoms with van der Waals surface area (Å²) in [5.41, 5.74) is 10.1. The van der Waals surface area contributed by atoms with Crippen LogP contribution >= 0.6 is 0 Å². The van der Waals surface area contributed by atoms with Crippen LogP contribution in [0.4, 0.5) is 0 Å². The summed E-state index contributed by atoms with van der Waals surface area (Å²) in [5.74, 6) is -0.401. The predicted octanol–water partition coefficient (Wildman–Crippen LogP) is 2.72. The number of carbonyl (C=O) groups excluding carboxylic acids is 1. The van der Waals surface area contributed by atoms with Crippen LogP contribution in [0.5, 0.6) is 0 Å². The molecule has 3 rings (SSSR count). The van der Waals surface area contributed by atoms with E-state index in [0.29, 0.717) is 12.0 Å². The molecule has 7 heteroatoms. The van der Waals surface area contributed by atoms with Crippen LogP contribution in [0.1, 0.15) is 25.8 Å². The summed E-state index contributed by atoms with van der Waals surface area (Å²) in [6.07, 6.45) is 0.614. The molecule has 1 aromatic heterocycles. The lowest BCUT2D eigenvalue weighted by Crippen LogP contribution is -2.40. The number of benzene rings is 2. The molecule has 30 heavy (non-hydrogen) atoms. The van der Waals surface area contributed by atoms with Crippen LogP contribution in [-0.4, -0.2) is 22.6 Å². The normalized spacial score (nSPS) is 13.2. The first-order valence-corrected chi connectivity index (χ1v) is 9.92. The van der Waals surface area contributed by atoms with Crippen molar-refractivity contribution in [1.29, 1.82) is 5.26 Å². The predicted molar refractivity (Wildman–Crippen MR) is 116 cm³/mol. The maximum Gasteiger partial charge on any atom is 0.419 e. The molecule has 2 aromatic carbocycles. The van der Waals surface area contributed by atoms with Gasteiger partial charge in [-0.05, 0) is 34.7 Å². The highest BCUT2D eigenvalue weighted by Gasteiger charge is 2.17. The smallest absolute Gasteiger partial charge is 0.408 e. The van der Waals surface area contributed by atoms with Gasteiger partial charge in [0.05, 0.1) is 11.6 Å². The van der Waals surface area contributed by atoms with Gasteiger partial charge >= 0.3 is 5.76 Å². The number of hydrogen-bond acceptors (Lipinski definition) is 5. The number of fused-ring (bicyclic) bond motifs is 1. The van der Waals surface area contributed by atoms with E-state index in [0.717, 1.165) is 22.2 Å². The molecule has 0 aliphatic rings. The molecule has 1 unspecified atom stereocenters. The van der Waals surface area contributed by atoms with E-state index in [4.69, 9.17) is 10.2 Å². The number of rotatable bonds is 7. The fraction of sp³-hybridized carbons (Fsp3) is 0.348. The Bertz CT molecular complexity index is 1140. The minimum absolute atomic E-state index is 0.201. The lowest BCUT2D eigenvalue weighted by atomic mass is 9.99. The molecule has 0 radical (unpaired) electrons. The van der Waals surface area contributed by atoms with Crippen molar-refractivity contribution in [3.63, 3.8) is 0 Å². The third kappa shape index (κ3) is 4.78. The van der Waals surface area contributed by atoms with Crippen molar-refractivity contribution >= 4 is 17.0 Å². The van der Waals surface area contributed by atoms with Gasteiger partial charge in [0.25, 0.3) is 0 Å². The summed E-state index contributed by atoms with van der Waals surface area (Å²) in [7, 11) is 1.67. The molecule has 1 heterocycles. The molecule has 0 aliphatic carbocycles. The zero-order chi connectivity index (χ0) is 21.8. The monoisotopic (exact) mass is 406 g/mol. The number of nitrogens with one attached hydrogen (secondary N) is 1. The zero-order valence-corrected chi connectivity index (χ0v) is 17.4. The Labute approximate surface area is 175 Å². The second-order valence-corrected chi connectivity index (χ2v) is 7.87. The molecule has 2 atom stereocenters. The summed E-state index contributed by atoms with van der Waals surface area (Å²) < 4.78 is 6.64. The number of hydrogen-bond donors (Lipinski definition) is 2. The van der Waals surface area contributed by atoms with Gasteiger partial charge in [-0.3, -0.25) is 9.36 Å². The van der Waals surface area contributed by atoms with Crippen LogP contribution < -0.4 is 16.8 Å². The average molecular weight is 406 g/mol. The minimum Gasteiger partial charge on any atom is -0.408 e. The second kappa shape index (κ2) is 8.97. The number of aromatic nitrogens is 1. The van der Waals surface area contributed by atoms with Gasteiger partial charge in [0.15, 0.2) is 5.58 Å². The van der Waals surface area contributed by atoms with E-state index in [1.807, 2.05) is 50.2 Å². The van der Waals surface area contributed by atoms with Gasteiger partial charge in [-0.15, -0.1) is 0 Å². The molecular formula is C23H26N4O3. The molecule has 0 bridgehead atoms. The number of nitriles is 1. The molecule has 0 fully saturated rings. The molecular weight excluding hydrogens is 380 g/mol. The van der Waals surface area contributed by atoms with Crippen LogP contribution in [0.15, 0.2) is 51.7 Å². The molecule has 7 nitrogen and oxygen atoms in total. The van der Waals surface area contributed by atoms with Crippen LogP contribution in [0.2, 0.25) is 0 Å². The quantitative estimate of drug-likeness (QED) is 0.626. The fourth-order valence-electron chi connectivity index (χ4n) is 3.21. The third-order valence-corrected chi connectivity index (χ3v) is 5.29. The standard InChI is InChI=1S/C23H26N4O3/c1-14(2)19(25)12-22(28)26-18(13-24)10-15-4-6-16(7-5-15)17-8-9-21-20(11-17)27(3)23(29)30-21/h4-9,11,14,18-19H,10,12,25H2,1-3H3,(H,26,28)/t18-,19?/m0/s1. The number of amides is 1. The van der Waals surface area contributed by atoms with Crippen molar-refractivity contribution < 1.29 is 9.21 Å². The Morgan fingerprint density at radius 3 is 2.50 bits per heavy atom. The molecule has 0 spiro atoms. The highest BCUT2D eigenvalue weighted by atomic mass is 16.4. The van der Waals surface area contributed by atoms with Crippen molar-refractivity contribution in [1.82, 2.24) is 9.88 Å². The summed E-state index contributed by atoms with van der Waals surface area (Å²) in [4.78, 5) is 23.8. The molecule has 0 saturated heterocycles. The lowest BCUT2D eigenvalue weighted by Gasteiger charge is -2.17. The lowest BCUT2D eigenvalue weighted by molar-refractivity contribution is -0.122. The molecule has 0 aliphatic heterocycles. The first-order valence-electron chi connectivity index (χ1n) is 9.92. The van der Waals surface area contributed by atoms with Crippen molar-refractivity contribution in [3.8, 4) is 17.2 Å². The summed E-state index contributed by atoms with van der Waals surface area (Å²) in [6, 6.07) is 14.7. The van der Waals surface area contributed by atoms with Crippen molar-refractivity contribution in [2.75, 3.05) is 0 Å². The topological polar surface area (TPSA) is 114 Å². The Morgan fingerprint density at radius 1 is 1.20 bits per heavy atom. The maximum absolute atomic E-state index is 12.1. The summed E-state index contributed by atoms with van der Waals surface area (Å²) >= 11 is 0. The number of nitrogens with zero attached hydrogens (tertiary/aromatic N) is 2. The average Bonchev–Trinajstić information content (AvgIpc) is 3.01. The van der Waals surface area contributed by atoms with E-state index in [2.05, 4.69) is 11.4 Å². The van der Waals surface area contributed by atoms with E-state index in [1.165, 1.54) is 4.57 Å². The molecule has 3 N–H and O–H groups in total. The number of nitrogens with two attached hydrogens (primary N) is 1. The molecule has 156 valence electrons. The number of carbonyl (C=O) groups is 1. The largest absolute Gasteiger partial charge is 0.419 e. The van der Waals surface area contributed by atoms with E-state index >= 15 is 0 Å². The Hall–Kier alpha value is -3.37. The van der Waals surface area contributed by atoms with Gasteiger partial charge in [0.1, 0.15) is 6.04 Å². The Balaban J connectivity index is 1.69. The van der Waals surface area contributed by atoms with Crippen LogP contribution in [0, 0.1) is 17.2 Å². The van der Waals surface area contributed by atoms with Crippen molar-refractivity contribution in [2.45, 2.75) is 38.8 Å². The Morgan fingerprint density at radius 2 is 1.87 bits per heavy atom. The third-order valence-electron chi connectivity index (χ3n) is 5.29. The van der Waals surface area contributed by atoms with Crippen LogP contribution in [0.3, 0.4) is 0 Å². The van der Waals surface area contributed by atoms with Crippen molar-refractivity contribution in [2.24, 2.45) is 18.7 Å². The zero-order valence-electron chi connectivity index (χ0n) is 17.4. The fourth-order valence-corrected chi connectivity index (χ4v) is 3.21. The second-order valence-electron chi connectivity index (χ2n) is 7.87. The van der Waals surface area contributed by atoms with E-state index in [-0.39, 0.29) is 24.3 Å². The SMILES string of the molecule is CC(C)C(N)CC(=O)N[C@H](C#N)Cc1ccc(-c2ccc3oc(=O)n(C)c3c2)cc1. The molecule has 3 aromatic rings. The molecule has 0 saturated carbocycles. The van der Waals surface area contributed by atoms with Gasteiger partial charge in [-0.1, -0.05) is 44.2 Å². The van der Waals surface area contributed by atoms with Crippen molar-refractivity contribution in [3.05, 3.63) is 58.6 Å². The molecule has 1 amide bonds. The van der Waals surface area contributed by atoms with E-state index in [9.17, 15) is 14.9 Å².